The van der Waals surface area contributed by atoms with E-state index in [-0.39, 0.29) is 0 Å². The van der Waals surface area contributed by atoms with E-state index in [9.17, 15) is 0 Å². The number of aromatic nitrogens is 3. The van der Waals surface area contributed by atoms with E-state index >= 15 is 0 Å². The lowest BCUT2D eigenvalue weighted by Gasteiger charge is -1.94. The molecule has 0 saturated carbocycles. The first kappa shape index (κ1) is 12.4. The summed E-state index contributed by atoms with van der Waals surface area (Å²) >= 11 is 5.09. The van der Waals surface area contributed by atoms with Crippen LogP contribution in [0.4, 0.5) is 0 Å². The Morgan fingerprint density at radius 3 is 2.89 bits per heavy atom. The molecule has 0 aliphatic heterocycles. The van der Waals surface area contributed by atoms with Gasteiger partial charge in [-0.25, -0.2) is 0 Å². The molecule has 0 unspecified atom stereocenters. The van der Waals surface area contributed by atoms with Crippen LogP contribution in [-0.2, 0) is 6.42 Å². The van der Waals surface area contributed by atoms with E-state index in [0.29, 0.717) is 4.77 Å². The topological polar surface area (TPSA) is 46.0 Å². The normalized spacial score (nSPS) is 11.6. The average Bonchev–Trinajstić information content (AvgIpc) is 2.77. The van der Waals surface area contributed by atoms with Crippen LogP contribution >= 0.6 is 12.2 Å². The van der Waals surface area contributed by atoms with Gasteiger partial charge in [0.15, 0.2) is 5.82 Å². The molecule has 5 heteroatoms. The van der Waals surface area contributed by atoms with Crippen molar-refractivity contribution < 1.29 is 0 Å². The van der Waals surface area contributed by atoms with Gasteiger partial charge in [-0.3, -0.25) is 5.10 Å². The smallest absolute Gasteiger partial charge is 0.216 e. The third-order valence-corrected chi connectivity index (χ3v) is 2.65. The van der Waals surface area contributed by atoms with Crippen LogP contribution in [0.3, 0.4) is 0 Å². The molecule has 4 nitrogen and oxygen atoms in total. The van der Waals surface area contributed by atoms with Crippen molar-refractivity contribution in [1.82, 2.24) is 14.9 Å². The molecule has 92 valence electrons. The maximum atomic E-state index is 5.09. The zero-order valence-electron chi connectivity index (χ0n) is 10.1. The van der Waals surface area contributed by atoms with Gasteiger partial charge in [-0.1, -0.05) is 43.3 Å². The van der Waals surface area contributed by atoms with Gasteiger partial charge in [-0.15, -0.1) is 0 Å². The van der Waals surface area contributed by atoms with Gasteiger partial charge in [0.25, 0.3) is 0 Å². The number of aryl methyl sites for hydroxylation is 1. The summed E-state index contributed by atoms with van der Waals surface area (Å²) < 4.78 is 2.14. The van der Waals surface area contributed by atoms with Gasteiger partial charge < -0.3 is 0 Å². The fourth-order valence-electron chi connectivity index (χ4n) is 1.50. The third-order valence-electron chi connectivity index (χ3n) is 2.39. The van der Waals surface area contributed by atoms with Crippen molar-refractivity contribution in [3.05, 3.63) is 52.6 Å². The first-order valence-electron chi connectivity index (χ1n) is 5.73. The molecule has 0 aliphatic carbocycles. The molecule has 2 rings (SSSR count). The first-order chi connectivity index (χ1) is 8.81. The SMILES string of the molecule is CCc1n[nH]c(=S)n1N=CC=Cc1ccccc1. The quantitative estimate of drug-likeness (QED) is 0.676. The van der Waals surface area contributed by atoms with Crippen LogP contribution in [0.5, 0.6) is 0 Å². The van der Waals surface area contributed by atoms with E-state index in [1.165, 1.54) is 0 Å². The lowest BCUT2D eigenvalue weighted by Crippen LogP contribution is -1.95. The van der Waals surface area contributed by atoms with Crippen molar-refractivity contribution >= 4 is 24.5 Å². The number of aromatic amines is 1. The zero-order chi connectivity index (χ0) is 12.8. The number of H-pyrrole nitrogens is 1. The molecule has 0 radical (unpaired) electrons. The molecule has 1 N–H and O–H groups in total. The molecule has 0 atom stereocenters. The number of nitrogens with zero attached hydrogens (tertiary/aromatic N) is 3. The van der Waals surface area contributed by atoms with Crippen LogP contribution in [-0.4, -0.2) is 21.1 Å². The van der Waals surface area contributed by atoms with Crippen molar-refractivity contribution in [2.24, 2.45) is 5.10 Å². The highest BCUT2D eigenvalue weighted by Gasteiger charge is 1.99. The second-order valence-corrected chi connectivity index (χ2v) is 4.03. The molecule has 18 heavy (non-hydrogen) atoms. The van der Waals surface area contributed by atoms with Crippen molar-refractivity contribution in [1.29, 1.82) is 0 Å². The summed E-state index contributed by atoms with van der Waals surface area (Å²) in [6, 6.07) is 10.1. The maximum Gasteiger partial charge on any atom is 0.216 e. The van der Waals surface area contributed by atoms with Gasteiger partial charge in [0.1, 0.15) is 0 Å². The second kappa shape index (κ2) is 6.07. The third kappa shape index (κ3) is 3.01. The Kier molecular flexibility index (Phi) is 4.20. The van der Waals surface area contributed by atoms with Gasteiger partial charge in [-0.2, -0.15) is 14.9 Å². The van der Waals surface area contributed by atoms with Gasteiger partial charge in [0, 0.05) is 12.6 Å². The fourth-order valence-corrected chi connectivity index (χ4v) is 1.69. The minimum atomic E-state index is 0.510. The second-order valence-electron chi connectivity index (χ2n) is 3.64. The Hall–Kier alpha value is -2.01. The Bertz CT molecular complexity index is 607. The monoisotopic (exact) mass is 258 g/mol. The summed E-state index contributed by atoms with van der Waals surface area (Å²) in [5, 5.41) is 11.1. The Labute approximate surface area is 111 Å². The molecule has 2 aromatic rings. The van der Waals surface area contributed by atoms with Gasteiger partial charge >= 0.3 is 0 Å². The van der Waals surface area contributed by atoms with E-state index in [1.54, 1.807) is 10.9 Å². The number of hydrogen-bond acceptors (Lipinski definition) is 3. The lowest BCUT2D eigenvalue weighted by molar-refractivity contribution is 0.780. The molecule has 1 heterocycles. The average molecular weight is 258 g/mol. The number of hydrogen-bond donors (Lipinski definition) is 1. The molecule has 0 spiro atoms. The van der Waals surface area contributed by atoms with Gasteiger partial charge in [0.05, 0.1) is 0 Å². The number of allylic oxidation sites excluding steroid dienone is 1. The van der Waals surface area contributed by atoms with Crippen LogP contribution in [0.2, 0.25) is 0 Å². The largest absolute Gasteiger partial charge is 0.250 e. The molecule has 0 amide bonds. The standard InChI is InChI=1S/C13H14N4S/c1-2-12-15-16-13(18)17(12)14-10-6-9-11-7-4-3-5-8-11/h3-10H,2H2,1H3,(H,16,18). The van der Waals surface area contributed by atoms with Crippen LogP contribution < -0.4 is 0 Å². The van der Waals surface area contributed by atoms with Crippen LogP contribution in [0.25, 0.3) is 6.08 Å². The molecule has 1 aromatic carbocycles. The highest BCUT2D eigenvalue weighted by Crippen LogP contribution is 2.00. The van der Waals surface area contributed by atoms with E-state index in [4.69, 9.17) is 12.2 Å². The van der Waals surface area contributed by atoms with Crippen LogP contribution in [0, 0.1) is 4.77 Å². The summed E-state index contributed by atoms with van der Waals surface area (Å²) in [6.07, 6.45) is 6.35. The zero-order valence-corrected chi connectivity index (χ0v) is 10.9. The Balaban J connectivity index is 2.10. The summed E-state index contributed by atoms with van der Waals surface area (Å²) in [5.74, 6) is 0.823. The summed E-state index contributed by atoms with van der Waals surface area (Å²) in [5.41, 5.74) is 1.13. The van der Waals surface area contributed by atoms with E-state index < -0.39 is 0 Å². The summed E-state index contributed by atoms with van der Waals surface area (Å²) in [7, 11) is 0. The fraction of sp³-hybridized carbons (Fsp3) is 0.154. The Morgan fingerprint density at radius 1 is 1.39 bits per heavy atom. The van der Waals surface area contributed by atoms with Gasteiger partial charge in [-0.05, 0) is 23.9 Å². The Morgan fingerprint density at radius 2 is 2.17 bits per heavy atom. The minimum Gasteiger partial charge on any atom is -0.250 e. The van der Waals surface area contributed by atoms with Crippen molar-refractivity contribution in [3.63, 3.8) is 0 Å². The lowest BCUT2D eigenvalue weighted by atomic mass is 10.2. The maximum absolute atomic E-state index is 5.09. The summed E-state index contributed by atoms with van der Waals surface area (Å²) in [4.78, 5) is 0. The van der Waals surface area contributed by atoms with Crippen molar-refractivity contribution in [3.8, 4) is 0 Å². The molecular weight excluding hydrogens is 244 g/mol. The van der Waals surface area contributed by atoms with Gasteiger partial charge in [0.2, 0.25) is 4.77 Å². The minimum absolute atomic E-state index is 0.510. The number of benzene rings is 1. The highest BCUT2D eigenvalue weighted by atomic mass is 32.1. The molecular formula is C13H14N4S. The molecule has 0 bridgehead atoms. The molecule has 0 aliphatic rings. The van der Waals surface area contributed by atoms with Crippen LogP contribution in [0.15, 0.2) is 41.5 Å². The van der Waals surface area contributed by atoms with E-state index in [0.717, 1.165) is 17.8 Å². The molecule has 0 fully saturated rings. The van der Waals surface area contributed by atoms with E-state index in [1.807, 2.05) is 49.4 Å². The number of rotatable bonds is 4. The molecule has 0 saturated heterocycles. The van der Waals surface area contributed by atoms with Crippen molar-refractivity contribution in [2.75, 3.05) is 0 Å². The molecule has 1 aromatic heterocycles. The summed E-state index contributed by atoms with van der Waals surface area (Å²) in [6.45, 7) is 2.01. The van der Waals surface area contributed by atoms with Crippen molar-refractivity contribution in [2.45, 2.75) is 13.3 Å². The van der Waals surface area contributed by atoms with E-state index in [2.05, 4.69) is 15.3 Å². The first-order valence-corrected chi connectivity index (χ1v) is 6.14. The predicted octanol–water partition coefficient (Wildman–Crippen LogP) is 3.05. The number of nitrogens with one attached hydrogen (secondary N) is 1. The predicted molar refractivity (Wildman–Crippen MR) is 76.2 cm³/mol. The van der Waals surface area contributed by atoms with Crippen LogP contribution in [0.1, 0.15) is 18.3 Å². The highest BCUT2D eigenvalue weighted by molar-refractivity contribution is 7.71.